The van der Waals surface area contributed by atoms with E-state index in [-0.39, 0.29) is 22.8 Å². The third kappa shape index (κ3) is 4.75. The van der Waals surface area contributed by atoms with Gasteiger partial charge in [-0.15, -0.1) is 0 Å². The summed E-state index contributed by atoms with van der Waals surface area (Å²) in [5, 5.41) is 2.94. The molecule has 1 amide bonds. The molecule has 4 nitrogen and oxygen atoms in total. The van der Waals surface area contributed by atoms with Gasteiger partial charge in [-0.25, -0.2) is 4.39 Å². The predicted molar refractivity (Wildman–Crippen MR) is 84.4 cm³/mol. The Kier molecular flexibility index (Phi) is 5.25. The van der Waals surface area contributed by atoms with Gasteiger partial charge in [0, 0.05) is 38.2 Å². The third-order valence-corrected chi connectivity index (χ3v) is 3.88. The lowest BCUT2D eigenvalue weighted by Gasteiger charge is -2.32. The standard InChI is InChI=1S/C15H20FN3OS/c1-10(20)18-14-2-4-19(5-3-14)9-11-6-12(15(17)21)8-13(16)7-11/h6-8,14H,2-5,9H2,1H3,(H2,17,21)(H,18,20). The number of halogens is 1. The maximum absolute atomic E-state index is 13.6. The molecule has 0 atom stereocenters. The summed E-state index contributed by atoms with van der Waals surface area (Å²) in [4.78, 5) is 13.5. The average molecular weight is 309 g/mol. The van der Waals surface area contributed by atoms with Crippen molar-refractivity contribution in [1.29, 1.82) is 0 Å². The number of thiocarbonyl (C=S) groups is 1. The van der Waals surface area contributed by atoms with Crippen molar-refractivity contribution >= 4 is 23.1 Å². The molecule has 1 aliphatic heterocycles. The first-order chi connectivity index (χ1) is 9.94. The lowest BCUT2D eigenvalue weighted by Crippen LogP contribution is -2.43. The molecule has 1 aromatic rings. The predicted octanol–water partition coefficient (Wildman–Crippen LogP) is 1.56. The Balaban J connectivity index is 1.94. The molecule has 1 aromatic carbocycles. The quantitative estimate of drug-likeness (QED) is 0.829. The maximum atomic E-state index is 13.6. The molecule has 0 aliphatic carbocycles. The van der Waals surface area contributed by atoms with E-state index in [9.17, 15) is 9.18 Å². The van der Waals surface area contributed by atoms with Gasteiger partial charge >= 0.3 is 0 Å². The van der Waals surface area contributed by atoms with Crippen molar-refractivity contribution in [2.75, 3.05) is 13.1 Å². The minimum Gasteiger partial charge on any atom is -0.389 e. The molecule has 1 aliphatic rings. The Morgan fingerprint density at radius 2 is 2.10 bits per heavy atom. The first kappa shape index (κ1) is 15.9. The number of benzene rings is 1. The third-order valence-electron chi connectivity index (χ3n) is 3.64. The van der Waals surface area contributed by atoms with Gasteiger partial charge in [0.05, 0.1) is 0 Å². The van der Waals surface area contributed by atoms with Crippen molar-refractivity contribution in [3.63, 3.8) is 0 Å². The van der Waals surface area contributed by atoms with Crippen LogP contribution in [0.25, 0.3) is 0 Å². The van der Waals surface area contributed by atoms with Crippen LogP contribution >= 0.6 is 12.2 Å². The van der Waals surface area contributed by atoms with Crippen LogP contribution in [-0.4, -0.2) is 34.9 Å². The summed E-state index contributed by atoms with van der Waals surface area (Å²) in [5.41, 5.74) is 6.99. The van der Waals surface area contributed by atoms with Crippen LogP contribution in [0.3, 0.4) is 0 Å². The second-order valence-corrected chi connectivity index (χ2v) is 5.90. The number of carbonyl (C=O) groups is 1. The number of nitrogens with zero attached hydrogens (tertiary/aromatic N) is 1. The van der Waals surface area contributed by atoms with Crippen LogP contribution < -0.4 is 11.1 Å². The van der Waals surface area contributed by atoms with Crippen molar-refractivity contribution in [1.82, 2.24) is 10.2 Å². The summed E-state index contributed by atoms with van der Waals surface area (Å²) in [6.07, 6.45) is 1.83. The Morgan fingerprint density at radius 1 is 1.43 bits per heavy atom. The molecular weight excluding hydrogens is 289 g/mol. The molecule has 114 valence electrons. The monoisotopic (exact) mass is 309 g/mol. The number of rotatable bonds is 4. The summed E-state index contributed by atoms with van der Waals surface area (Å²) >= 11 is 4.90. The van der Waals surface area contributed by atoms with Gasteiger partial charge in [-0.1, -0.05) is 12.2 Å². The zero-order chi connectivity index (χ0) is 15.4. The van der Waals surface area contributed by atoms with Crippen LogP contribution in [0.5, 0.6) is 0 Å². The second kappa shape index (κ2) is 6.95. The maximum Gasteiger partial charge on any atom is 0.217 e. The highest BCUT2D eigenvalue weighted by atomic mass is 32.1. The minimum atomic E-state index is -0.316. The largest absolute Gasteiger partial charge is 0.389 e. The topological polar surface area (TPSA) is 58.4 Å². The Hall–Kier alpha value is -1.53. The molecular formula is C15H20FN3OS. The van der Waals surface area contributed by atoms with Gasteiger partial charge in [-0.05, 0) is 36.6 Å². The molecule has 0 unspecified atom stereocenters. The number of piperidine rings is 1. The molecule has 0 bridgehead atoms. The van der Waals surface area contributed by atoms with E-state index in [0.29, 0.717) is 12.1 Å². The van der Waals surface area contributed by atoms with Gasteiger partial charge in [0.15, 0.2) is 0 Å². The molecule has 1 fully saturated rings. The van der Waals surface area contributed by atoms with Gasteiger partial charge in [0.1, 0.15) is 10.8 Å². The summed E-state index contributed by atoms with van der Waals surface area (Å²) in [5.74, 6) is -0.303. The molecule has 3 N–H and O–H groups in total. The molecule has 2 rings (SSSR count). The summed E-state index contributed by atoms with van der Waals surface area (Å²) in [7, 11) is 0. The number of carbonyl (C=O) groups excluding carboxylic acids is 1. The molecule has 0 radical (unpaired) electrons. The smallest absolute Gasteiger partial charge is 0.217 e. The highest BCUT2D eigenvalue weighted by Crippen LogP contribution is 2.16. The molecule has 1 saturated heterocycles. The van der Waals surface area contributed by atoms with Gasteiger partial charge < -0.3 is 11.1 Å². The van der Waals surface area contributed by atoms with E-state index in [1.54, 1.807) is 0 Å². The Labute approximate surface area is 129 Å². The van der Waals surface area contributed by atoms with Crippen LogP contribution in [0.1, 0.15) is 30.9 Å². The number of nitrogens with one attached hydrogen (secondary N) is 1. The fourth-order valence-electron chi connectivity index (χ4n) is 2.67. The van der Waals surface area contributed by atoms with Crippen molar-refractivity contribution < 1.29 is 9.18 Å². The van der Waals surface area contributed by atoms with Crippen molar-refractivity contribution in [2.24, 2.45) is 5.73 Å². The number of likely N-dealkylation sites (tertiary alicyclic amines) is 1. The molecule has 0 aromatic heterocycles. The fraction of sp³-hybridized carbons (Fsp3) is 0.467. The zero-order valence-corrected chi connectivity index (χ0v) is 12.9. The van der Waals surface area contributed by atoms with Gasteiger partial charge in [0.25, 0.3) is 0 Å². The van der Waals surface area contributed by atoms with E-state index >= 15 is 0 Å². The summed E-state index contributed by atoms with van der Waals surface area (Å²) < 4.78 is 13.6. The normalized spacial score (nSPS) is 16.7. The highest BCUT2D eigenvalue weighted by molar-refractivity contribution is 7.80. The van der Waals surface area contributed by atoms with Crippen molar-refractivity contribution in [3.8, 4) is 0 Å². The first-order valence-corrected chi connectivity index (χ1v) is 7.43. The highest BCUT2D eigenvalue weighted by Gasteiger charge is 2.20. The molecule has 0 spiro atoms. The van der Waals surface area contributed by atoms with E-state index in [1.165, 1.54) is 19.1 Å². The first-order valence-electron chi connectivity index (χ1n) is 7.03. The van der Waals surface area contributed by atoms with E-state index in [4.69, 9.17) is 18.0 Å². The van der Waals surface area contributed by atoms with E-state index in [1.807, 2.05) is 6.07 Å². The molecule has 6 heteroatoms. The number of hydrogen-bond donors (Lipinski definition) is 2. The van der Waals surface area contributed by atoms with Crippen LogP contribution in [0.4, 0.5) is 4.39 Å². The van der Waals surface area contributed by atoms with Crippen LogP contribution in [0.15, 0.2) is 18.2 Å². The molecule has 0 saturated carbocycles. The fourth-order valence-corrected chi connectivity index (χ4v) is 2.78. The van der Waals surface area contributed by atoms with Crippen LogP contribution in [-0.2, 0) is 11.3 Å². The van der Waals surface area contributed by atoms with E-state index < -0.39 is 0 Å². The second-order valence-electron chi connectivity index (χ2n) is 5.46. The molecule has 21 heavy (non-hydrogen) atoms. The average Bonchev–Trinajstić information content (AvgIpc) is 2.39. The summed E-state index contributed by atoms with van der Waals surface area (Å²) in [6.45, 7) is 3.96. The minimum absolute atomic E-state index is 0.0136. The van der Waals surface area contributed by atoms with E-state index in [2.05, 4.69) is 10.2 Å². The Bertz CT molecular complexity index is 542. The molecule has 1 heterocycles. The van der Waals surface area contributed by atoms with Crippen LogP contribution in [0.2, 0.25) is 0 Å². The lowest BCUT2D eigenvalue weighted by molar-refractivity contribution is -0.119. The number of hydrogen-bond acceptors (Lipinski definition) is 3. The van der Waals surface area contributed by atoms with Crippen molar-refractivity contribution in [2.45, 2.75) is 32.4 Å². The zero-order valence-electron chi connectivity index (χ0n) is 12.1. The Morgan fingerprint density at radius 3 is 2.67 bits per heavy atom. The SMILES string of the molecule is CC(=O)NC1CCN(Cc2cc(F)cc(C(N)=S)c2)CC1. The number of amides is 1. The van der Waals surface area contributed by atoms with Gasteiger partial charge in [-0.2, -0.15) is 0 Å². The van der Waals surface area contributed by atoms with E-state index in [0.717, 1.165) is 31.5 Å². The summed E-state index contributed by atoms with van der Waals surface area (Å²) in [6, 6.07) is 4.96. The lowest BCUT2D eigenvalue weighted by atomic mass is 10.0. The van der Waals surface area contributed by atoms with Crippen LogP contribution in [0, 0.1) is 5.82 Å². The number of nitrogens with two attached hydrogens (primary N) is 1. The van der Waals surface area contributed by atoms with Gasteiger partial charge in [-0.3, -0.25) is 9.69 Å². The van der Waals surface area contributed by atoms with Gasteiger partial charge in [0.2, 0.25) is 5.91 Å². The van der Waals surface area contributed by atoms with Crippen molar-refractivity contribution in [3.05, 3.63) is 35.1 Å².